The van der Waals surface area contributed by atoms with Crippen LogP contribution < -0.4 is 5.73 Å². The van der Waals surface area contributed by atoms with Gasteiger partial charge in [0.25, 0.3) is 0 Å². The van der Waals surface area contributed by atoms with Crippen LogP contribution in [0, 0.1) is 0 Å². The molecule has 0 radical (unpaired) electrons. The molecule has 9 nitrogen and oxygen atoms in total. The number of nitrogens with zero attached hydrogens (tertiary/aromatic N) is 5. The van der Waals surface area contributed by atoms with E-state index in [1.54, 1.807) is 45.2 Å². The summed E-state index contributed by atoms with van der Waals surface area (Å²) in [7, 11) is 0. The molecule has 0 bridgehead atoms. The minimum Gasteiger partial charge on any atom is -0.442 e. The molecule has 0 saturated carbocycles. The molecule has 3 N–H and O–H groups in total. The third kappa shape index (κ3) is 4.50. The zero-order valence-corrected chi connectivity index (χ0v) is 15.7. The molecule has 27 heavy (non-hydrogen) atoms. The number of hydrogen-bond acceptors (Lipinski definition) is 7. The molecule has 4 aromatic rings. The van der Waals surface area contributed by atoms with Crippen molar-refractivity contribution >= 4 is 45.6 Å². The van der Waals surface area contributed by atoms with Crippen molar-refractivity contribution in [1.29, 1.82) is 0 Å². The van der Waals surface area contributed by atoms with Gasteiger partial charge in [-0.2, -0.15) is 14.9 Å². The van der Waals surface area contributed by atoms with Crippen molar-refractivity contribution in [2.45, 2.75) is 26.4 Å². The Labute approximate surface area is 159 Å². The van der Waals surface area contributed by atoms with E-state index in [1.807, 2.05) is 6.07 Å². The SMILES string of the molecule is CC(C)(C)OC(=O)n1ncc2nc(N)ccc21.Clc1ccc2[nH]ncc2n1. The monoisotopic (exact) mass is 387 g/mol. The van der Waals surface area contributed by atoms with Gasteiger partial charge >= 0.3 is 6.09 Å². The number of nitrogen functional groups attached to an aromatic ring is 1. The number of ether oxygens (including phenoxy) is 1. The Morgan fingerprint density at radius 1 is 1.15 bits per heavy atom. The molecule has 4 rings (SSSR count). The molecule has 0 amide bonds. The zero-order chi connectivity index (χ0) is 19.6. The van der Waals surface area contributed by atoms with Gasteiger partial charge in [-0.15, -0.1) is 0 Å². The fourth-order valence-corrected chi connectivity index (χ4v) is 2.34. The molecule has 0 aromatic carbocycles. The van der Waals surface area contributed by atoms with Gasteiger partial charge in [0, 0.05) is 0 Å². The molecule has 0 saturated heterocycles. The number of carbonyl (C=O) groups excluding carboxylic acids is 1. The third-order valence-electron chi connectivity index (χ3n) is 3.28. The van der Waals surface area contributed by atoms with Crippen molar-refractivity contribution in [3.8, 4) is 0 Å². The molecular formula is C17H18ClN7O2. The van der Waals surface area contributed by atoms with E-state index in [9.17, 15) is 4.79 Å². The van der Waals surface area contributed by atoms with Crippen molar-refractivity contribution in [2.24, 2.45) is 0 Å². The zero-order valence-electron chi connectivity index (χ0n) is 15.0. The van der Waals surface area contributed by atoms with Crippen LogP contribution in [0.1, 0.15) is 20.8 Å². The predicted octanol–water partition coefficient (Wildman–Crippen LogP) is 3.41. The van der Waals surface area contributed by atoms with Gasteiger partial charge in [0.15, 0.2) is 0 Å². The topological polar surface area (TPSA) is 125 Å². The number of fused-ring (bicyclic) bond motifs is 2. The second kappa shape index (κ2) is 7.20. The second-order valence-corrected chi connectivity index (χ2v) is 7.00. The average molecular weight is 388 g/mol. The first-order valence-corrected chi connectivity index (χ1v) is 8.40. The van der Waals surface area contributed by atoms with E-state index in [0.29, 0.717) is 22.0 Å². The number of halogens is 1. The standard InChI is InChI=1S/C11H14N4O2.C6H4ClN3/c1-11(2,3)17-10(16)15-8-4-5-9(12)14-7(8)6-13-15;7-6-2-1-4-5(9-6)3-8-10-4/h4-6H,1-3H3,(H2,12,14);1-3H,(H,8,10). The van der Waals surface area contributed by atoms with E-state index in [2.05, 4.69) is 25.3 Å². The highest BCUT2D eigenvalue weighted by atomic mass is 35.5. The smallest absolute Gasteiger partial charge is 0.435 e. The van der Waals surface area contributed by atoms with E-state index in [1.165, 1.54) is 10.9 Å². The summed E-state index contributed by atoms with van der Waals surface area (Å²) in [6, 6.07) is 6.87. The molecule has 0 spiro atoms. The number of anilines is 1. The molecule has 0 aliphatic rings. The highest BCUT2D eigenvalue weighted by Crippen LogP contribution is 2.15. The van der Waals surface area contributed by atoms with E-state index < -0.39 is 11.7 Å². The van der Waals surface area contributed by atoms with Gasteiger partial charge in [-0.1, -0.05) is 11.6 Å². The van der Waals surface area contributed by atoms with Crippen molar-refractivity contribution in [1.82, 2.24) is 29.9 Å². The molecule has 0 unspecified atom stereocenters. The van der Waals surface area contributed by atoms with Gasteiger partial charge in [0.05, 0.1) is 23.4 Å². The summed E-state index contributed by atoms with van der Waals surface area (Å²) >= 11 is 5.62. The highest BCUT2D eigenvalue weighted by molar-refractivity contribution is 6.29. The lowest BCUT2D eigenvalue weighted by atomic mass is 10.2. The number of aromatic amines is 1. The predicted molar refractivity (Wildman–Crippen MR) is 102 cm³/mol. The largest absolute Gasteiger partial charge is 0.442 e. The second-order valence-electron chi connectivity index (χ2n) is 6.61. The average Bonchev–Trinajstić information content (AvgIpc) is 3.19. The van der Waals surface area contributed by atoms with E-state index in [-0.39, 0.29) is 0 Å². The third-order valence-corrected chi connectivity index (χ3v) is 3.49. The fraction of sp³-hybridized carbons (Fsp3) is 0.235. The summed E-state index contributed by atoms with van der Waals surface area (Å²) in [4.78, 5) is 19.9. The molecule has 0 fully saturated rings. The Hall–Kier alpha value is -3.20. The number of H-pyrrole nitrogens is 1. The molecular weight excluding hydrogens is 370 g/mol. The van der Waals surface area contributed by atoms with Gasteiger partial charge in [-0.25, -0.2) is 14.8 Å². The summed E-state index contributed by atoms with van der Waals surface area (Å²) in [5.74, 6) is 0.390. The van der Waals surface area contributed by atoms with Gasteiger partial charge in [-0.05, 0) is 45.0 Å². The van der Waals surface area contributed by atoms with Crippen molar-refractivity contribution in [2.75, 3.05) is 5.73 Å². The van der Waals surface area contributed by atoms with E-state index in [0.717, 1.165) is 11.0 Å². The van der Waals surface area contributed by atoms with Crippen LogP contribution in [0.3, 0.4) is 0 Å². The molecule has 0 aliphatic heterocycles. The minimum atomic E-state index is -0.559. The van der Waals surface area contributed by atoms with Crippen molar-refractivity contribution in [3.63, 3.8) is 0 Å². The quantitative estimate of drug-likeness (QED) is 0.443. The van der Waals surface area contributed by atoms with E-state index in [4.69, 9.17) is 22.1 Å². The van der Waals surface area contributed by atoms with Crippen molar-refractivity contribution in [3.05, 3.63) is 41.8 Å². The van der Waals surface area contributed by atoms with Crippen LogP contribution in [-0.2, 0) is 4.74 Å². The van der Waals surface area contributed by atoms with Gasteiger partial charge < -0.3 is 10.5 Å². The molecule has 0 aliphatic carbocycles. The maximum absolute atomic E-state index is 11.8. The van der Waals surface area contributed by atoms with Gasteiger partial charge in [0.1, 0.15) is 27.6 Å². The minimum absolute atomic E-state index is 0.390. The van der Waals surface area contributed by atoms with Crippen LogP contribution >= 0.6 is 11.6 Å². The normalized spacial score (nSPS) is 11.3. The van der Waals surface area contributed by atoms with Crippen LogP contribution in [0.4, 0.5) is 10.6 Å². The molecule has 140 valence electrons. The Morgan fingerprint density at radius 2 is 1.93 bits per heavy atom. The van der Waals surface area contributed by atoms with Gasteiger partial charge in [-0.3, -0.25) is 5.10 Å². The highest BCUT2D eigenvalue weighted by Gasteiger charge is 2.20. The van der Waals surface area contributed by atoms with Crippen LogP contribution in [0.5, 0.6) is 0 Å². The Morgan fingerprint density at radius 3 is 2.67 bits per heavy atom. The molecule has 4 heterocycles. The number of nitrogens with one attached hydrogen (secondary N) is 1. The van der Waals surface area contributed by atoms with Crippen LogP contribution in [0.15, 0.2) is 36.7 Å². The number of rotatable bonds is 0. The molecule has 4 aromatic heterocycles. The summed E-state index contributed by atoms with van der Waals surface area (Å²) in [6.07, 6.45) is 2.59. The number of nitrogens with two attached hydrogens (primary N) is 1. The Bertz CT molecular complexity index is 1100. The molecule has 0 atom stereocenters. The summed E-state index contributed by atoms with van der Waals surface area (Å²) in [5.41, 5.74) is 7.84. The first kappa shape index (κ1) is 18.6. The lowest BCUT2D eigenvalue weighted by molar-refractivity contribution is 0.0522. The maximum Gasteiger partial charge on any atom is 0.435 e. The van der Waals surface area contributed by atoms with Gasteiger partial charge in [0.2, 0.25) is 0 Å². The van der Waals surface area contributed by atoms with Crippen LogP contribution in [0.2, 0.25) is 5.15 Å². The first-order valence-electron chi connectivity index (χ1n) is 8.02. The number of carbonyl (C=O) groups is 1. The van der Waals surface area contributed by atoms with Crippen LogP contribution in [-0.4, -0.2) is 41.6 Å². The fourth-order valence-electron chi connectivity index (χ4n) is 2.19. The Kier molecular flexibility index (Phi) is 4.95. The lowest BCUT2D eigenvalue weighted by Crippen LogP contribution is -2.27. The maximum atomic E-state index is 11.8. The lowest BCUT2D eigenvalue weighted by Gasteiger charge is -2.19. The van der Waals surface area contributed by atoms with Crippen molar-refractivity contribution < 1.29 is 9.53 Å². The summed E-state index contributed by atoms with van der Waals surface area (Å²) < 4.78 is 6.40. The first-order chi connectivity index (χ1) is 12.7. The number of pyridine rings is 2. The Balaban J connectivity index is 0.000000177. The summed E-state index contributed by atoms with van der Waals surface area (Å²) in [6.45, 7) is 5.40. The summed E-state index contributed by atoms with van der Waals surface area (Å²) in [5, 5.41) is 11.0. The number of aromatic nitrogens is 6. The molecule has 10 heteroatoms. The number of hydrogen-bond donors (Lipinski definition) is 2. The van der Waals surface area contributed by atoms with E-state index >= 15 is 0 Å². The van der Waals surface area contributed by atoms with Crippen LogP contribution in [0.25, 0.3) is 22.1 Å².